The lowest BCUT2D eigenvalue weighted by molar-refractivity contribution is -0.384. The highest BCUT2D eigenvalue weighted by molar-refractivity contribution is 5.56. The molecule has 21 heavy (non-hydrogen) atoms. The molecule has 0 aliphatic carbocycles. The molecule has 110 valence electrons. The number of nitro benzene ring substituents is 1. The molecule has 1 aliphatic heterocycles. The van der Waals surface area contributed by atoms with Crippen LogP contribution in [0, 0.1) is 10.1 Å². The van der Waals surface area contributed by atoms with Crippen LogP contribution in [0.5, 0.6) is 0 Å². The van der Waals surface area contributed by atoms with Gasteiger partial charge < -0.3 is 10.1 Å². The molecule has 0 bridgehead atoms. The Bertz CT molecular complexity index is 619. The minimum atomic E-state index is -0.427. The zero-order valence-electron chi connectivity index (χ0n) is 11.3. The summed E-state index contributed by atoms with van der Waals surface area (Å²) < 4.78 is 7.34. The molecule has 8 heteroatoms. The van der Waals surface area contributed by atoms with Gasteiger partial charge >= 0.3 is 0 Å². The van der Waals surface area contributed by atoms with E-state index in [2.05, 4.69) is 15.4 Å². The lowest BCUT2D eigenvalue weighted by atomic mass is 10.2. The van der Waals surface area contributed by atoms with E-state index in [0.717, 1.165) is 18.7 Å². The van der Waals surface area contributed by atoms with Crippen LogP contribution in [0.15, 0.2) is 30.6 Å². The Labute approximate surface area is 120 Å². The second-order valence-electron chi connectivity index (χ2n) is 4.79. The fraction of sp³-hybridized carbons (Fsp3) is 0.385. The first-order valence-corrected chi connectivity index (χ1v) is 6.69. The van der Waals surface area contributed by atoms with Crippen LogP contribution in [0.25, 0.3) is 11.4 Å². The Hall–Kier alpha value is -2.32. The zero-order valence-corrected chi connectivity index (χ0v) is 11.3. The van der Waals surface area contributed by atoms with Gasteiger partial charge in [-0.25, -0.2) is 9.67 Å². The highest BCUT2D eigenvalue weighted by Crippen LogP contribution is 2.19. The summed E-state index contributed by atoms with van der Waals surface area (Å²) in [5.41, 5.74) is 0.807. The van der Waals surface area contributed by atoms with E-state index >= 15 is 0 Å². The first-order valence-electron chi connectivity index (χ1n) is 6.69. The predicted molar refractivity (Wildman–Crippen MR) is 74.7 cm³/mol. The maximum atomic E-state index is 10.6. The van der Waals surface area contributed by atoms with E-state index in [1.807, 2.05) is 0 Å². The Morgan fingerprint density at radius 2 is 2.24 bits per heavy atom. The van der Waals surface area contributed by atoms with Crippen molar-refractivity contribution >= 4 is 5.69 Å². The van der Waals surface area contributed by atoms with Crippen LogP contribution in [0.4, 0.5) is 5.69 Å². The summed E-state index contributed by atoms with van der Waals surface area (Å²) >= 11 is 0. The smallest absolute Gasteiger partial charge is 0.269 e. The van der Waals surface area contributed by atoms with Gasteiger partial charge in [-0.2, -0.15) is 5.10 Å². The van der Waals surface area contributed by atoms with Crippen molar-refractivity contribution in [3.63, 3.8) is 0 Å². The molecule has 1 aromatic carbocycles. The molecule has 0 radical (unpaired) electrons. The normalized spacial score (nSPS) is 18.6. The van der Waals surface area contributed by atoms with Crippen LogP contribution in [-0.4, -0.2) is 45.5 Å². The number of non-ortho nitro benzene ring substituents is 1. The second-order valence-corrected chi connectivity index (χ2v) is 4.79. The molecule has 8 nitrogen and oxygen atoms in total. The van der Waals surface area contributed by atoms with Gasteiger partial charge in [-0.1, -0.05) is 0 Å². The van der Waals surface area contributed by atoms with Gasteiger partial charge in [0, 0.05) is 30.8 Å². The van der Waals surface area contributed by atoms with Crippen molar-refractivity contribution in [2.24, 2.45) is 0 Å². The molecule has 1 atom stereocenters. The SMILES string of the molecule is O=[N+]([O-])c1ccc(-c2ncn(CC3CNCCO3)n2)cc1. The van der Waals surface area contributed by atoms with Crippen LogP contribution < -0.4 is 5.32 Å². The van der Waals surface area contributed by atoms with Gasteiger partial charge in [0.1, 0.15) is 6.33 Å². The molecule has 0 saturated carbocycles. The van der Waals surface area contributed by atoms with Gasteiger partial charge in [-0.05, 0) is 12.1 Å². The van der Waals surface area contributed by atoms with Gasteiger partial charge in [-0.15, -0.1) is 0 Å². The summed E-state index contributed by atoms with van der Waals surface area (Å²) in [5, 5.41) is 18.3. The van der Waals surface area contributed by atoms with E-state index < -0.39 is 4.92 Å². The molecular weight excluding hydrogens is 274 g/mol. The Balaban J connectivity index is 1.70. The largest absolute Gasteiger partial charge is 0.374 e. The third-order valence-electron chi connectivity index (χ3n) is 3.27. The monoisotopic (exact) mass is 289 g/mol. The Kier molecular flexibility index (Phi) is 3.89. The van der Waals surface area contributed by atoms with Crippen LogP contribution >= 0.6 is 0 Å². The molecule has 1 fully saturated rings. The third kappa shape index (κ3) is 3.23. The average Bonchev–Trinajstić information content (AvgIpc) is 2.97. The molecule has 1 unspecified atom stereocenters. The van der Waals surface area contributed by atoms with E-state index in [1.165, 1.54) is 12.1 Å². The highest BCUT2D eigenvalue weighted by Gasteiger charge is 2.15. The molecule has 0 spiro atoms. The number of benzene rings is 1. The molecule has 1 aromatic heterocycles. The number of rotatable bonds is 4. The number of ether oxygens (including phenoxy) is 1. The van der Waals surface area contributed by atoms with Crippen molar-refractivity contribution in [3.8, 4) is 11.4 Å². The van der Waals surface area contributed by atoms with E-state index in [4.69, 9.17) is 4.74 Å². The molecule has 3 rings (SSSR count). The maximum absolute atomic E-state index is 10.6. The number of nitrogens with zero attached hydrogens (tertiary/aromatic N) is 4. The predicted octanol–water partition coefficient (Wildman–Crippen LogP) is 0.842. The molecule has 1 aliphatic rings. The van der Waals surface area contributed by atoms with E-state index in [-0.39, 0.29) is 11.8 Å². The molecule has 2 aromatic rings. The molecule has 1 N–H and O–H groups in total. The lowest BCUT2D eigenvalue weighted by Gasteiger charge is -2.23. The summed E-state index contributed by atoms with van der Waals surface area (Å²) in [4.78, 5) is 14.4. The van der Waals surface area contributed by atoms with Gasteiger partial charge in [0.25, 0.3) is 5.69 Å². The van der Waals surface area contributed by atoms with Gasteiger partial charge in [0.05, 0.1) is 24.2 Å². The number of hydrogen-bond donors (Lipinski definition) is 1. The number of nitro groups is 1. The van der Waals surface area contributed by atoms with Crippen LogP contribution in [-0.2, 0) is 11.3 Å². The van der Waals surface area contributed by atoms with Gasteiger partial charge in [0.15, 0.2) is 5.82 Å². The Morgan fingerprint density at radius 3 is 2.90 bits per heavy atom. The number of aromatic nitrogens is 3. The van der Waals surface area contributed by atoms with Crippen molar-refractivity contribution in [1.29, 1.82) is 0 Å². The fourth-order valence-electron chi connectivity index (χ4n) is 2.19. The molecule has 1 saturated heterocycles. The number of morpholine rings is 1. The van der Waals surface area contributed by atoms with Crippen LogP contribution in [0.2, 0.25) is 0 Å². The third-order valence-corrected chi connectivity index (χ3v) is 3.27. The van der Waals surface area contributed by atoms with Crippen molar-refractivity contribution < 1.29 is 9.66 Å². The highest BCUT2D eigenvalue weighted by atomic mass is 16.6. The quantitative estimate of drug-likeness (QED) is 0.662. The summed E-state index contributed by atoms with van der Waals surface area (Å²) in [5.74, 6) is 0.550. The Morgan fingerprint density at radius 1 is 1.43 bits per heavy atom. The lowest BCUT2D eigenvalue weighted by Crippen LogP contribution is -2.40. The van der Waals surface area contributed by atoms with E-state index in [9.17, 15) is 10.1 Å². The van der Waals surface area contributed by atoms with Crippen molar-refractivity contribution in [1.82, 2.24) is 20.1 Å². The molecular formula is C13H15N5O3. The summed E-state index contributed by atoms with van der Waals surface area (Å²) in [6.07, 6.45) is 1.74. The summed E-state index contributed by atoms with van der Waals surface area (Å²) in [6, 6.07) is 6.20. The number of hydrogen-bond acceptors (Lipinski definition) is 6. The zero-order chi connectivity index (χ0) is 14.7. The number of nitrogens with one attached hydrogen (secondary N) is 1. The van der Waals surface area contributed by atoms with Gasteiger partial charge in [-0.3, -0.25) is 10.1 Å². The topological polar surface area (TPSA) is 95.1 Å². The summed E-state index contributed by atoms with van der Waals surface area (Å²) in [6.45, 7) is 3.01. The fourth-order valence-corrected chi connectivity index (χ4v) is 2.19. The van der Waals surface area contributed by atoms with E-state index in [0.29, 0.717) is 19.0 Å². The molecule has 0 amide bonds. The van der Waals surface area contributed by atoms with Crippen LogP contribution in [0.3, 0.4) is 0 Å². The minimum Gasteiger partial charge on any atom is -0.374 e. The minimum absolute atomic E-state index is 0.0554. The van der Waals surface area contributed by atoms with Crippen molar-refractivity contribution in [2.75, 3.05) is 19.7 Å². The molecule has 2 heterocycles. The van der Waals surface area contributed by atoms with E-state index in [1.54, 1.807) is 23.1 Å². The average molecular weight is 289 g/mol. The van der Waals surface area contributed by atoms with Crippen molar-refractivity contribution in [3.05, 3.63) is 40.7 Å². The maximum Gasteiger partial charge on any atom is 0.269 e. The van der Waals surface area contributed by atoms with Crippen LogP contribution in [0.1, 0.15) is 0 Å². The second kappa shape index (κ2) is 5.98. The summed E-state index contributed by atoms with van der Waals surface area (Å²) in [7, 11) is 0. The standard InChI is InChI=1S/C13H15N5O3/c19-18(20)11-3-1-10(2-4-11)13-15-9-17(16-13)8-12-7-14-5-6-21-12/h1-4,9,12,14H,5-8H2. The van der Waals surface area contributed by atoms with Crippen molar-refractivity contribution in [2.45, 2.75) is 12.6 Å². The first kappa shape index (κ1) is 13.7. The first-order chi connectivity index (χ1) is 10.2. The van der Waals surface area contributed by atoms with Gasteiger partial charge in [0.2, 0.25) is 0 Å².